The van der Waals surface area contributed by atoms with Gasteiger partial charge in [0.15, 0.2) is 0 Å². The van der Waals surface area contributed by atoms with Crippen LogP contribution in [0.3, 0.4) is 0 Å². The molecule has 1 atom stereocenters. The van der Waals surface area contributed by atoms with Crippen molar-refractivity contribution in [2.45, 2.75) is 39.3 Å². The van der Waals surface area contributed by atoms with E-state index in [9.17, 15) is 14.7 Å². The van der Waals surface area contributed by atoms with Crippen LogP contribution < -0.4 is 9.47 Å². The zero-order valence-electron chi connectivity index (χ0n) is 19.5. The molecule has 2 aromatic rings. The number of nitrogens with zero attached hydrogens (tertiary/aromatic N) is 1. The number of methoxy groups -OCH3 is 1. The van der Waals surface area contributed by atoms with Crippen LogP contribution in [0.2, 0.25) is 0 Å². The maximum Gasteiger partial charge on any atom is 0.295 e. The van der Waals surface area contributed by atoms with Gasteiger partial charge in [-0.2, -0.15) is 0 Å². The Kier molecular flexibility index (Phi) is 8.11. The quantitative estimate of drug-likeness (QED) is 0.249. The van der Waals surface area contributed by atoms with Crippen LogP contribution in [0.25, 0.3) is 5.76 Å². The van der Waals surface area contributed by atoms with Crippen LogP contribution in [0, 0.1) is 0 Å². The number of carbonyl (C=O) groups is 2. The van der Waals surface area contributed by atoms with Gasteiger partial charge >= 0.3 is 0 Å². The number of ketones is 1. The van der Waals surface area contributed by atoms with Crippen LogP contribution in [0.1, 0.15) is 44.4 Å². The zero-order chi connectivity index (χ0) is 24.0. The monoisotopic (exact) mass is 453 g/mol. The molecular weight excluding hydrogens is 422 g/mol. The second-order valence-corrected chi connectivity index (χ2v) is 8.04. The van der Waals surface area contributed by atoms with Crippen molar-refractivity contribution in [3.05, 3.63) is 65.2 Å². The fourth-order valence-corrected chi connectivity index (χ4v) is 3.89. The highest BCUT2D eigenvalue weighted by Gasteiger charge is 2.45. The highest BCUT2D eigenvalue weighted by Crippen LogP contribution is 2.40. The van der Waals surface area contributed by atoms with Crippen molar-refractivity contribution in [3.63, 3.8) is 0 Å². The summed E-state index contributed by atoms with van der Waals surface area (Å²) in [6, 6.07) is 13.4. The molecule has 7 nitrogen and oxygen atoms in total. The first-order valence-electron chi connectivity index (χ1n) is 11.1. The number of ether oxygens (including phenoxy) is 3. The lowest BCUT2D eigenvalue weighted by Crippen LogP contribution is -2.31. The average Bonchev–Trinajstić information content (AvgIpc) is 3.04. The lowest BCUT2D eigenvalue weighted by molar-refractivity contribution is -0.140. The molecule has 1 aliphatic heterocycles. The van der Waals surface area contributed by atoms with Gasteiger partial charge in [-0.1, -0.05) is 24.3 Å². The van der Waals surface area contributed by atoms with Crippen molar-refractivity contribution in [2.24, 2.45) is 0 Å². The third-order valence-electron chi connectivity index (χ3n) is 5.27. The second kappa shape index (κ2) is 11.0. The molecule has 0 radical (unpaired) electrons. The summed E-state index contributed by atoms with van der Waals surface area (Å²) in [5, 5.41) is 11.2. The van der Waals surface area contributed by atoms with Crippen LogP contribution in [-0.2, 0) is 14.3 Å². The number of aliphatic hydroxyl groups is 1. The summed E-state index contributed by atoms with van der Waals surface area (Å²) in [4.78, 5) is 27.5. The third-order valence-corrected chi connectivity index (χ3v) is 5.27. The number of hydrogen-bond donors (Lipinski definition) is 1. The largest absolute Gasteiger partial charge is 0.507 e. The Morgan fingerprint density at radius 2 is 1.82 bits per heavy atom. The Morgan fingerprint density at radius 1 is 1.09 bits per heavy atom. The van der Waals surface area contributed by atoms with Crippen LogP contribution in [0.4, 0.5) is 0 Å². The molecule has 1 N–H and O–H groups in total. The smallest absolute Gasteiger partial charge is 0.295 e. The van der Waals surface area contributed by atoms with E-state index in [0.29, 0.717) is 48.8 Å². The van der Waals surface area contributed by atoms with E-state index in [1.165, 1.54) is 4.90 Å². The number of Topliss-reactive ketones (excluding diaryl/α,β-unsaturated/α-hetero) is 1. The Balaban J connectivity index is 2.07. The molecule has 0 spiro atoms. The van der Waals surface area contributed by atoms with Gasteiger partial charge in [-0.15, -0.1) is 0 Å². The van der Waals surface area contributed by atoms with Crippen LogP contribution in [0.15, 0.2) is 54.1 Å². The lowest BCUT2D eigenvalue weighted by Gasteiger charge is -2.25. The fraction of sp³-hybridized carbons (Fsp3) is 0.385. The molecule has 0 saturated carbocycles. The van der Waals surface area contributed by atoms with E-state index in [2.05, 4.69) is 0 Å². The van der Waals surface area contributed by atoms with Gasteiger partial charge in [0.1, 0.15) is 17.3 Å². The molecule has 3 rings (SSSR count). The first-order valence-corrected chi connectivity index (χ1v) is 11.1. The van der Waals surface area contributed by atoms with Gasteiger partial charge in [0.25, 0.3) is 11.7 Å². The molecule has 0 bridgehead atoms. The van der Waals surface area contributed by atoms with Crippen molar-refractivity contribution in [3.8, 4) is 11.5 Å². The van der Waals surface area contributed by atoms with Crippen molar-refractivity contribution in [1.29, 1.82) is 0 Å². The number of carbonyl (C=O) groups excluding carboxylic acids is 2. The van der Waals surface area contributed by atoms with Gasteiger partial charge < -0.3 is 24.2 Å². The van der Waals surface area contributed by atoms with Gasteiger partial charge in [-0.05, 0) is 57.0 Å². The molecular formula is C26H31NO6. The predicted molar refractivity (Wildman–Crippen MR) is 125 cm³/mol. The standard InChI is InChI=1S/C26H31NO6/c1-5-32-21-9-6-8-19(16-21)24(28)22-23(18-10-12-20(13-11-18)33-17(2)3)27(14-7-15-31-4)26(30)25(22)29/h6,8-13,16-17,23,28H,5,7,14-15H2,1-4H3/b24-22-. The number of likely N-dealkylation sites (tertiary alicyclic amines) is 1. The van der Waals surface area contributed by atoms with E-state index in [0.717, 1.165) is 0 Å². The summed E-state index contributed by atoms with van der Waals surface area (Å²) in [7, 11) is 1.59. The van der Waals surface area contributed by atoms with Crippen LogP contribution in [-0.4, -0.2) is 54.7 Å². The highest BCUT2D eigenvalue weighted by molar-refractivity contribution is 6.46. The van der Waals surface area contributed by atoms with E-state index in [4.69, 9.17) is 14.2 Å². The SMILES string of the molecule is CCOc1cccc(/C(O)=C2/C(=O)C(=O)N(CCCOC)C2c2ccc(OC(C)C)cc2)c1. The van der Waals surface area contributed by atoms with Gasteiger partial charge in [0.2, 0.25) is 0 Å². The molecule has 0 aromatic heterocycles. The van der Waals surface area contributed by atoms with Crippen molar-refractivity contribution in [2.75, 3.05) is 26.9 Å². The third kappa shape index (κ3) is 5.54. The summed E-state index contributed by atoms with van der Waals surface area (Å²) >= 11 is 0. The maximum atomic E-state index is 13.1. The van der Waals surface area contributed by atoms with Gasteiger partial charge in [0.05, 0.1) is 24.3 Å². The number of benzene rings is 2. The molecule has 1 saturated heterocycles. The molecule has 176 valence electrons. The van der Waals surface area contributed by atoms with E-state index in [1.54, 1.807) is 43.5 Å². The molecule has 33 heavy (non-hydrogen) atoms. The van der Waals surface area contributed by atoms with E-state index in [-0.39, 0.29) is 17.4 Å². The Hall–Kier alpha value is -3.32. The van der Waals surface area contributed by atoms with E-state index >= 15 is 0 Å². The van der Waals surface area contributed by atoms with Crippen molar-refractivity contribution in [1.82, 2.24) is 4.90 Å². The first kappa shape index (κ1) is 24.3. The Morgan fingerprint density at radius 3 is 2.45 bits per heavy atom. The molecule has 0 aliphatic carbocycles. The summed E-state index contributed by atoms with van der Waals surface area (Å²) in [6.07, 6.45) is 0.585. The van der Waals surface area contributed by atoms with Gasteiger partial charge in [0, 0.05) is 25.8 Å². The lowest BCUT2D eigenvalue weighted by atomic mass is 9.95. The summed E-state index contributed by atoms with van der Waals surface area (Å²) in [6.45, 7) is 6.99. The van der Waals surface area contributed by atoms with E-state index in [1.807, 2.05) is 32.9 Å². The van der Waals surface area contributed by atoms with Crippen LogP contribution in [0.5, 0.6) is 11.5 Å². The fourth-order valence-electron chi connectivity index (χ4n) is 3.89. The number of aliphatic hydroxyl groups excluding tert-OH is 1. The average molecular weight is 454 g/mol. The first-order chi connectivity index (χ1) is 15.9. The predicted octanol–water partition coefficient (Wildman–Crippen LogP) is 4.33. The number of rotatable bonds is 10. The van der Waals surface area contributed by atoms with Crippen molar-refractivity contribution >= 4 is 17.4 Å². The Labute approximate surface area is 194 Å². The zero-order valence-corrected chi connectivity index (χ0v) is 19.5. The number of amides is 1. The summed E-state index contributed by atoms with van der Waals surface area (Å²) < 4.78 is 16.4. The van der Waals surface area contributed by atoms with E-state index < -0.39 is 17.7 Å². The topological polar surface area (TPSA) is 85.3 Å². The molecule has 1 aliphatic rings. The minimum absolute atomic E-state index is 0.0214. The molecule has 1 fully saturated rings. The summed E-state index contributed by atoms with van der Waals surface area (Å²) in [5.74, 6) is -0.311. The molecule has 1 heterocycles. The molecule has 1 unspecified atom stereocenters. The van der Waals surface area contributed by atoms with Crippen molar-refractivity contribution < 1.29 is 28.9 Å². The molecule has 1 amide bonds. The van der Waals surface area contributed by atoms with Crippen LogP contribution >= 0.6 is 0 Å². The van der Waals surface area contributed by atoms with Gasteiger partial charge in [-0.25, -0.2) is 0 Å². The van der Waals surface area contributed by atoms with Gasteiger partial charge in [-0.3, -0.25) is 9.59 Å². The molecule has 7 heteroatoms. The molecule has 2 aromatic carbocycles. The highest BCUT2D eigenvalue weighted by atomic mass is 16.5. The normalized spacial score (nSPS) is 17.6. The second-order valence-electron chi connectivity index (χ2n) is 8.04. The Bertz CT molecular complexity index is 1010. The number of hydrogen-bond acceptors (Lipinski definition) is 6. The minimum atomic E-state index is -0.717. The summed E-state index contributed by atoms with van der Waals surface area (Å²) in [5.41, 5.74) is 1.19. The maximum absolute atomic E-state index is 13.1. The minimum Gasteiger partial charge on any atom is -0.507 e.